The van der Waals surface area contributed by atoms with Crippen molar-refractivity contribution < 1.29 is 14.3 Å². The largest absolute Gasteiger partial charge is 0.466 e. The van der Waals surface area contributed by atoms with Crippen LogP contribution in [0.15, 0.2) is 0 Å². The third-order valence-electron chi connectivity index (χ3n) is 4.12. The maximum Gasteiger partial charge on any atom is 0.309 e. The minimum Gasteiger partial charge on any atom is -0.466 e. The van der Waals surface area contributed by atoms with E-state index in [9.17, 15) is 9.59 Å². The Balaban J connectivity index is 1.82. The van der Waals surface area contributed by atoms with E-state index in [2.05, 4.69) is 10.2 Å². The van der Waals surface area contributed by atoms with Gasteiger partial charge in [0.15, 0.2) is 0 Å². The number of piperidine rings is 1. The summed E-state index contributed by atoms with van der Waals surface area (Å²) in [4.78, 5) is 25.6. The third kappa shape index (κ3) is 3.93. The molecule has 0 radical (unpaired) electrons. The lowest BCUT2D eigenvalue weighted by molar-refractivity contribution is -0.150. The van der Waals surface area contributed by atoms with Crippen LogP contribution in [0.5, 0.6) is 0 Å². The lowest BCUT2D eigenvalue weighted by Gasteiger charge is -2.36. The van der Waals surface area contributed by atoms with Crippen molar-refractivity contribution in [2.24, 2.45) is 5.92 Å². The molecule has 0 aliphatic carbocycles. The van der Waals surface area contributed by atoms with Gasteiger partial charge in [-0.15, -0.1) is 0 Å². The Morgan fingerprint density at radius 1 is 1.37 bits per heavy atom. The van der Waals surface area contributed by atoms with E-state index in [-0.39, 0.29) is 17.8 Å². The molecule has 0 spiro atoms. The first-order valence-corrected chi connectivity index (χ1v) is 7.38. The number of likely N-dealkylation sites (tertiary alicyclic amines) is 1. The van der Waals surface area contributed by atoms with Crippen molar-refractivity contribution in [3.05, 3.63) is 0 Å². The van der Waals surface area contributed by atoms with Gasteiger partial charge in [0.05, 0.1) is 12.5 Å². The molecule has 2 aliphatic rings. The minimum absolute atomic E-state index is 0.0517. The smallest absolute Gasteiger partial charge is 0.309 e. The molecular formula is C14H24N2O3. The molecule has 1 amide bonds. The van der Waals surface area contributed by atoms with Crippen LogP contribution in [0.1, 0.15) is 39.0 Å². The van der Waals surface area contributed by atoms with Crippen molar-refractivity contribution in [1.29, 1.82) is 0 Å². The van der Waals surface area contributed by atoms with Crippen molar-refractivity contribution in [3.8, 4) is 0 Å². The molecule has 5 nitrogen and oxygen atoms in total. The molecule has 108 valence electrons. The van der Waals surface area contributed by atoms with Crippen molar-refractivity contribution in [1.82, 2.24) is 10.2 Å². The van der Waals surface area contributed by atoms with Gasteiger partial charge in [0.25, 0.3) is 0 Å². The first-order chi connectivity index (χ1) is 9.20. The molecule has 2 rings (SSSR count). The van der Waals surface area contributed by atoms with E-state index in [1.807, 2.05) is 6.92 Å². The first kappa shape index (κ1) is 14.3. The Labute approximate surface area is 114 Å². The average molecular weight is 268 g/mol. The lowest BCUT2D eigenvalue weighted by atomic mass is 9.94. The molecule has 0 aromatic rings. The van der Waals surface area contributed by atoms with Gasteiger partial charge in [-0.2, -0.15) is 0 Å². The van der Waals surface area contributed by atoms with Crippen LogP contribution in [-0.2, 0) is 14.3 Å². The zero-order valence-electron chi connectivity index (χ0n) is 11.7. The maximum atomic E-state index is 11.7. The van der Waals surface area contributed by atoms with E-state index in [4.69, 9.17) is 4.74 Å². The van der Waals surface area contributed by atoms with Gasteiger partial charge < -0.3 is 10.1 Å². The molecule has 2 heterocycles. The molecule has 19 heavy (non-hydrogen) atoms. The lowest BCUT2D eigenvalue weighted by Crippen LogP contribution is -2.44. The number of hydrogen-bond donors (Lipinski definition) is 1. The second kappa shape index (κ2) is 6.89. The normalized spacial score (nSPS) is 26.6. The quantitative estimate of drug-likeness (QED) is 0.774. The number of amides is 1. The number of rotatable bonds is 3. The zero-order valence-corrected chi connectivity index (χ0v) is 11.7. The fraction of sp³-hybridized carbons (Fsp3) is 0.857. The van der Waals surface area contributed by atoms with E-state index in [1.54, 1.807) is 0 Å². The number of nitrogens with one attached hydrogen (secondary N) is 1. The van der Waals surface area contributed by atoms with Crippen LogP contribution in [0.3, 0.4) is 0 Å². The van der Waals surface area contributed by atoms with Crippen LogP contribution in [0.4, 0.5) is 0 Å². The Kier molecular flexibility index (Phi) is 5.19. The van der Waals surface area contributed by atoms with Gasteiger partial charge in [0.1, 0.15) is 0 Å². The van der Waals surface area contributed by atoms with Crippen LogP contribution in [0, 0.1) is 5.92 Å². The van der Waals surface area contributed by atoms with E-state index < -0.39 is 0 Å². The number of esters is 1. The highest BCUT2D eigenvalue weighted by atomic mass is 16.5. The van der Waals surface area contributed by atoms with E-state index >= 15 is 0 Å². The van der Waals surface area contributed by atoms with Gasteiger partial charge >= 0.3 is 5.97 Å². The summed E-state index contributed by atoms with van der Waals surface area (Å²) in [7, 11) is 0. The van der Waals surface area contributed by atoms with Crippen LogP contribution in [-0.4, -0.2) is 49.1 Å². The fourth-order valence-electron chi connectivity index (χ4n) is 3.03. The predicted molar refractivity (Wildman–Crippen MR) is 71.6 cm³/mol. The van der Waals surface area contributed by atoms with Gasteiger partial charge in [-0.05, 0) is 45.7 Å². The minimum atomic E-state index is -0.0549. The highest BCUT2D eigenvalue weighted by Gasteiger charge is 2.30. The van der Waals surface area contributed by atoms with Gasteiger partial charge in [-0.25, -0.2) is 0 Å². The van der Waals surface area contributed by atoms with Gasteiger partial charge in [0.2, 0.25) is 5.91 Å². The monoisotopic (exact) mass is 268 g/mol. The van der Waals surface area contributed by atoms with E-state index in [0.717, 1.165) is 45.3 Å². The second-order valence-electron chi connectivity index (χ2n) is 5.41. The summed E-state index contributed by atoms with van der Waals surface area (Å²) in [6.07, 6.45) is 4.44. The summed E-state index contributed by atoms with van der Waals surface area (Å²) in [5.41, 5.74) is 0. The van der Waals surface area contributed by atoms with E-state index in [0.29, 0.717) is 19.1 Å². The molecule has 1 N–H and O–H groups in total. The zero-order chi connectivity index (χ0) is 13.7. The number of carbonyl (C=O) groups excluding carboxylic acids is 2. The summed E-state index contributed by atoms with van der Waals surface area (Å²) in [6.45, 7) is 4.91. The SMILES string of the molecule is CCOC(=O)C1CCN(C2CCCNC(=O)C2)CC1. The molecule has 2 aliphatic heterocycles. The van der Waals surface area contributed by atoms with Gasteiger partial charge in [-0.1, -0.05) is 0 Å². The van der Waals surface area contributed by atoms with Crippen LogP contribution in [0.25, 0.3) is 0 Å². The Morgan fingerprint density at radius 3 is 2.79 bits per heavy atom. The molecule has 0 bridgehead atoms. The third-order valence-corrected chi connectivity index (χ3v) is 4.12. The Hall–Kier alpha value is -1.10. The van der Waals surface area contributed by atoms with Crippen LogP contribution in [0.2, 0.25) is 0 Å². The van der Waals surface area contributed by atoms with Crippen molar-refractivity contribution in [2.45, 2.75) is 45.1 Å². The summed E-state index contributed by atoms with van der Waals surface area (Å²) < 4.78 is 5.08. The number of ether oxygens (including phenoxy) is 1. The molecule has 0 aromatic carbocycles. The second-order valence-corrected chi connectivity index (χ2v) is 5.41. The van der Waals surface area contributed by atoms with Crippen LogP contribution >= 0.6 is 0 Å². The number of carbonyl (C=O) groups is 2. The van der Waals surface area contributed by atoms with Gasteiger partial charge in [0, 0.05) is 19.0 Å². The average Bonchev–Trinajstić information content (AvgIpc) is 2.64. The first-order valence-electron chi connectivity index (χ1n) is 7.38. The highest BCUT2D eigenvalue weighted by molar-refractivity contribution is 5.76. The summed E-state index contributed by atoms with van der Waals surface area (Å²) >= 11 is 0. The Morgan fingerprint density at radius 2 is 2.11 bits per heavy atom. The highest BCUT2D eigenvalue weighted by Crippen LogP contribution is 2.23. The fourth-order valence-corrected chi connectivity index (χ4v) is 3.03. The van der Waals surface area contributed by atoms with E-state index in [1.165, 1.54) is 0 Å². The molecule has 1 atom stereocenters. The Bertz CT molecular complexity index is 325. The molecule has 5 heteroatoms. The molecule has 0 aromatic heterocycles. The van der Waals surface area contributed by atoms with Crippen molar-refractivity contribution in [3.63, 3.8) is 0 Å². The molecule has 1 unspecified atom stereocenters. The topological polar surface area (TPSA) is 58.6 Å². The molecule has 2 fully saturated rings. The summed E-state index contributed by atoms with van der Waals surface area (Å²) in [5.74, 6) is 0.159. The molecule has 0 saturated carbocycles. The maximum absolute atomic E-state index is 11.7. The van der Waals surface area contributed by atoms with Crippen molar-refractivity contribution >= 4 is 11.9 Å². The van der Waals surface area contributed by atoms with Crippen molar-refractivity contribution in [2.75, 3.05) is 26.2 Å². The van der Waals surface area contributed by atoms with Crippen LogP contribution < -0.4 is 5.32 Å². The standard InChI is InChI=1S/C14H24N2O3/c1-2-19-14(18)11-5-8-16(9-6-11)12-4-3-7-15-13(17)10-12/h11-12H,2-10H2,1H3,(H,15,17). The number of nitrogens with zero attached hydrogens (tertiary/aromatic N) is 1. The number of hydrogen-bond acceptors (Lipinski definition) is 4. The van der Waals surface area contributed by atoms with Gasteiger partial charge in [-0.3, -0.25) is 14.5 Å². The predicted octanol–water partition coefficient (Wildman–Crippen LogP) is 0.930. The molecule has 2 saturated heterocycles. The summed E-state index contributed by atoms with van der Waals surface area (Å²) in [5, 5.41) is 2.92. The summed E-state index contributed by atoms with van der Waals surface area (Å²) in [6, 6.07) is 0.352. The molecular weight excluding hydrogens is 244 g/mol.